The summed E-state index contributed by atoms with van der Waals surface area (Å²) in [7, 11) is 1.51. The molecule has 0 unspecified atom stereocenters. The molecule has 8 N–H and O–H groups in total. The van der Waals surface area contributed by atoms with Gasteiger partial charge in [0.1, 0.15) is 18.5 Å². The molecule has 1 heterocycles. The van der Waals surface area contributed by atoms with Crippen LogP contribution in [0.25, 0.3) is 0 Å². The maximum atomic E-state index is 12.7. The number of nitrogens with two attached hydrogens (primary N) is 1. The highest BCUT2D eigenvalue weighted by molar-refractivity contribution is 5.93. The molecule has 0 saturated carbocycles. The summed E-state index contributed by atoms with van der Waals surface area (Å²) < 4.78 is 27.1. The normalized spacial score (nSPS) is 18.7. The van der Waals surface area contributed by atoms with E-state index >= 15 is 0 Å². The van der Waals surface area contributed by atoms with Crippen LogP contribution < -0.4 is 26.4 Å². The predicted octanol–water partition coefficient (Wildman–Crippen LogP) is -1.12. The van der Waals surface area contributed by atoms with Gasteiger partial charge in [-0.2, -0.15) is 0 Å². The highest BCUT2D eigenvalue weighted by Crippen LogP contribution is 2.30. The number of carbonyl (C=O) groups is 5. The van der Waals surface area contributed by atoms with Crippen molar-refractivity contribution in [1.29, 1.82) is 0 Å². The predicted molar refractivity (Wildman–Crippen MR) is 148 cm³/mol. The standard InChI is InChI=1S/C27H38N4O12/c1-40-11-8-22(34)29-9-3-2-4-17(28)25(37)30-10-7-23(35)31-18-12-16(14-41-15-32)5-6-20(18)42-27-24(36)19(33)13-21(43-27)26(38)39/h5-6,12-13,15,17,19,24,27,33,36H,2-4,7-11,14,28H2,1H3,(H,29,34)(H,30,37)(H,31,35)(H,38,39)/t17-,19-,24+,27+/m0/s1/i15D. The van der Waals surface area contributed by atoms with E-state index in [4.69, 9.17) is 21.3 Å². The molecule has 0 radical (unpaired) electrons. The van der Waals surface area contributed by atoms with Crippen molar-refractivity contribution in [3.05, 3.63) is 35.6 Å². The molecule has 1 aromatic rings. The number of hydrogen-bond donors (Lipinski definition) is 7. The number of benzene rings is 1. The van der Waals surface area contributed by atoms with Gasteiger partial charge in [-0.1, -0.05) is 6.07 Å². The number of carboxylic acids is 1. The zero-order valence-electron chi connectivity index (χ0n) is 24.6. The van der Waals surface area contributed by atoms with E-state index in [9.17, 15) is 39.3 Å². The molecule has 238 valence electrons. The van der Waals surface area contributed by atoms with E-state index in [1.807, 2.05) is 0 Å². The molecule has 43 heavy (non-hydrogen) atoms. The summed E-state index contributed by atoms with van der Waals surface area (Å²) in [6.45, 7) is 0.396. The molecule has 1 aliphatic rings. The topological polar surface area (TPSA) is 245 Å². The average molecular weight is 612 g/mol. The Hall–Kier alpha value is -4.25. The number of ether oxygens (including phenoxy) is 4. The molecular formula is C27H38N4O12. The van der Waals surface area contributed by atoms with Crippen LogP contribution in [0.5, 0.6) is 5.75 Å². The summed E-state index contributed by atoms with van der Waals surface area (Å²) in [5, 5.41) is 37.3. The summed E-state index contributed by atoms with van der Waals surface area (Å²) in [5.74, 6) is -3.43. The van der Waals surface area contributed by atoms with E-state index in [1.165, 1.54) is 25.3 Å². The highest BCUT2D eigenvalue weighted by atomic mass is 16.7. The number of aliphatic hydroxyl groups excluding tert-OH is 2. The number of hydrogen-bond acceptors (Lipinski definition) is 12. The first-order valence-electron chi connectivity index (χ1n) is 13.9. The van der Waals surface area contributed by atoms with Gasteiger partial charge >= 0.3 is 5.97 Å². The lowest BCUT2D eigenvalue weighted by Crippen LogP contribution is -2.46. The number of nitrogens with one attached hydrogen (secondary N) is 3. The minimum absolute atomic E-state index is 0.00239. The van der Waals surface area contributed by atoms with Gasteiger partial charge in [0.25, 0.3) is 12.7 Å². The number of aliphatic hydroxyl groups is 2. The molecule has 16 heteroatoms. The van der Waals surface area contributed by atoms with Crippen molar-refractivity contribution in [2.45, 2.75) is 63.3 Å². The molecule has 0 saturated heterocycles. The molecule has 16 nitrogen and oxygen atoms in total. The summed E-state index contributed by atoms with van der Waals surface area (Å²) >= 11 is 0. The van der Waals surface area contributed by atoms with Gasteiger partial charge in [-0.05, 0) is 43.0 Å². The quantitative estimate of drug-likeness (QED) is 0.0769. The number of aliphatic carboxylic acids is 1. The third kappa shape index (κ3) is 12.3. The Morgan fingerprint density at radius 2 is 1.91 bits per heavy atom. The monoisotopic (exact) mass is 611 g/mol. The zero-order valence-corrected chi connectivity index (χ0v) is 23.6. The fourth-order valence-corrected chi connectivity index (χ4v) is 3.74. The molecule has 0 spiro atoms. The Bertz CT molecular complexity index is 1200. The van der Waals surface area contributed by atoms with Crippen molar-refractivity contribution in [1.82, 2.24) is 10.6 Å². The lowest BCUT2D eigenvalue weighted by Gasteiger charge is -2.31. The molecule has 1 aromatic carbocycles. The minimum atomic E-state index is -1.68. The Morgan fingerprint density at radius 3 is 2.60 bits per heavy atom. The van der Waals surface area contributed by atoms with Crippen LogP contribution in [0, 0.1) is 0 Å². The second-order valence-electron chi connectivity index (χ2n) is 9.41. The number of amides is 3. The first kappa shape index (κ1) is 33.3. The van der Waals surface area contributed by atoms with Crippen LogP contribution in [-0.4, -0.2) is 96.8 Å². The van der Waals surface area contributed by atoms with Crippen molar-refractivity contribution in [3.63, 3.8) is 0 Å². The van der Waals surface area contributed by atoms with Crippen LogP contribution in [0.2, 0.25) is 0 Å². The van der Waals surface area contributed by atoms with Crippen molar-refractivity contribution in [2.75, 3.05) is 32.1 Å². The van der Waals surface area contributed by atoms with Crippen LogP contribution in [-0.2, 0) is 44.8 Å². The van der Waals surface area contributed by atoms with Crippen molar-refractivity contribution < 1.29 is 59.6 Å². The van der Waals surface area contributed by atoms with Crippen LogP contribution in [0.3, 0.4) is 0 Å². The molecule has 3 amide bonds. The second kappa shape index (κ2) is 18.3. The van der Waals surface area contributed by atoms with Gasteiger partial charge in [0.15, 0.2) is 7.47 Å². The lowest BCUT2D eigenvalue weighted by molar-refractivity contribution is -0.172. The Labute approximate surface area is 248 Å². The SMILES string of the molecule is [2H]C(=O)OCc1ccc(O[C@@H]2OC(C(=O)O)=C[C@H](O)[C@H]2O)c(NC(=O)CCNC(=O)[C@@H](N)CCCCNC(=O)CCOC)c1. The Balaban J connectivity index is 1.92. The minimum Gasteiger partial charge on any atom is -0.475 e. The van der Waals surface area contributed by atoms with Crippen LogP contribution in [0.4, 0.5) is 5.69 Å². The number of rotatable bonds is 18. The van der Waals surface area contributed by atoms with Crippen molar-refractivity contribution >= 4 is 35.8 Å². The van der Waals surface area contributed by atoms with Gasteiger partial charge in [0.05, 0.1) is 18.3 Å². The first-order valence-corrected chi connectivity index (χ1v) is 13.4. The highest BCUT2D eigenvalue weighted by Gasteiger charge is 2.36. The van der Waals surface area contributed by atoms with Crippen LogP contribution in [0.15, 0.2) is 30.0 Å². The fourth-order valence-electron chi connectivity index (χ4n) is 3.74. The van der Waals surface area contributed by atoms with E-state index in [2.05, 4.69) is 20.7 Å². The van der Waals surface area contributed by atoms with E-state index in [0.29, 0.717) is 38.0 Å². The van der Waals surface area contributed by atoms with Crippen molar-refractivity contribution in [3.8, 4) is 5.75 Å². The number of unbranched alkanes of at least 4 members (excludes halogenated alkanes) is 1. The molecule has 2 rings (SSSR count). The third-order valence-corrected chi connectivity index (χ3v) is 6.05. The zero-order chi connectivity index (χ0) is 32.6. The first-order chi connectivity index (χ1) is 20.9. The molecule has 4 atom stereocenters. The van der Waals surface area contributed by atoms with E-state index in [1.54, 1.807) is 0 Å². The van der Waals surface area contributed by atoms with E-state index in [-0.39, 0.29) is 43.3 Å². The number of anilines is 1. The summed E-state index contributed by atoms with van der Waals surface area (Å²) in [6.07, 6.45) is -3.77. The Kier molecular flexibility index (Phi) is 14.2. The van der Waals surface area contributed by atoms with E-state index in [0.717, 1.165) is 6.08 Å². The largest absolute Gasteiger partial charge is 0.475 e. The van der Waals surface area contributed by atoms with Gasteiger partial charge < -0.3 is 56.0 Å². The summed E-state index contributed by atoms with van der Waals surface area (Å²) in [5.41, 5.74) is 6.27. The lowest BCUT2D eigenvalue weighted by atomic mass is 10.1. The van der Waals surface area contributed by atoms with Gasteiger partial charge in [0, 0.05) is 33.0 Å². The number of carbonyl (C=O) groups excluding carboxylic acids is 4. The third-order valence-electron chi connectivity index (χ3n) is 6.05. The number of carboxylic acid groups (broad SMARTS) is 1. The maximum absolute atomic E-state index is 12.7. The molecular weight excluding hydrogens is 572 g/mol. The fraction of sp³-hybridized carbons (Fsp3) is 0.519. The molecule has 1 aliphatic heterocycles. The smallest absolute Gasteiger partial charge is 0.371 e. The molecule has 0 bridgehead atoms. The molecule has 0 aromatic heterocycles. The van der Waals surface area contributed by atoms with Gasteiger partial charge in [-0.25, -0.2) is 4.79 Å². The van der Waals surface area contributed by atoms with Crippen LogP contribution >= 0.6 is 0 Å². The summed E-state index contributed by atoms with van der Waals surface area (Å²) in [4.78, 5) is 58.7. The molecule has 0 fully saturated rings. The van der Waals surface area contributed by atoms with E-state index < -0.39 is 54.5 Å². The second-order valence-corrected chi connectivity index (χ2v) is 9.41. The average Bonchev–Trinajstić information content (AvgIpc) is 2.97. The van der Waals surface area contributed by atoms with Gasteiger partial charge in [0.2, 0.25) is 23.5 Å². The molecule has 0 aliphatic carbocycles. The summed E-state index contributed by atoms with van der Waals surface area (Å²) in [6, 6.07) is 3.27. The van der Waals surface area contributed by atoms with Crippen molar-refractivity contribution in [2.24, 2.45) is 5.73 Å². The van der Waals surface area contributed by atoms with Gasteiger partial charge in [-0.3, -0.25) is 19.2 Å². The number of methoxy groups -OCH3 is 1. The van der Waals surface area contributed by atoms with Gasteiger partial charge in [-0.15, -0.1) is 0 Å². The Morgan fingerprint density at radius 1 is 1.14 bits per heavy atom. The maximum Gasteiger partial charge on any atom is 0.371 e. The van der Waals surface area contributed by atoms with Crippen LogP contribution in [0.1, 0.15) is 39.0 Å².